The molecule has 1 heterocycles. The van der Waals surface area contributed by atoms with Gasteiger partial charge in [-0.15, -0.1) is 0 Å². The summed E-state index contributed by atoms with van der Waals surface area (Å²) < 4.78 is 11.8. The molecule has 47 heavy (non-hydrogen) atoms. The van der Waals surface area contributed by atoms with Crippen LogP contribution in [0.25, 0.3) is 0 Å². The van der Waals surface area contributed by atoms with Gasteiger partial charge in [0.15, 0.2) is 0 Å². The van der Waals surface area contributed by atoms with E-state index in [0.29, 0.717) is 31.3 Å². The highest BCUT2D eigenvalue weighted by Crippen LogP contribution is 2.24. The second-order valence-corrected chi connectivity index (χ2v) is 14.8. The van der Waals surface area contributed by atoms with Crippen LogP contribution in [0.4, 0.5) is 0 Å². The zero-order valence-electron chi connectivity index (χ0n) is 31.6. The fourth-order valence-corrected chi connectivity index (χ4v) is 7.06. The van der Waals surface area contributed by atoms with Gasteiger partial charge in [0.2, 0.25) is 0 Å². The van der Waals surface area contributed by atoms with E-state index < -0.39 is 0 Å². The summed E-state index contributed by atoms with van der Waals surface area (Å²) in [5.41, 5.74) is 0. The quantitative estimate of drug-likeness (QED) is 0.0555. The third-order valence-corrected chi connectivity index (χ3v) is 10.3. The predicted octanol–water partition coefficient (Wildman–Crippen LogP) is 11.0. The molecule has 6 nitrogen and oxygen atoms in total. The van der Waals surface area contributed by atoms with Crippen molar-refractivity contribution in [3.63, 3.8) is 0 Å². The van der Waals surface area contributed by atoms with E-state index in [1.807, 2.05) is 0 Å². The Morgan fingerprint density at radius 1 is 0.638 bits per heavy atom. The molecule has 2 unspecified atom stereocenters. The number of hydrogen-bond acceptors (Lipinski definition) is 6. The Balaban J connectivity index is 2.27. The van der Waals surface area contributed by atoms with Crippen molar-refractivity contribution in [3.05, 3.63) is 0 Å². The molecule has 1 N–H and O–H groups in total. The smallest absolute Gasteiger partial charge is 0.306 e. The van der Waals surface area contributed by atoms with Gasteiger partial charge in [-0.3, -0.25) is 9.59 Å². The number of carbonyl (C=O) groups is 2. The largest absolute Gasteiger partial charge is 0.465 e. The van der Waals surface area contributed by atoms with Crippen molar-refractivity contribution in [2.24, 2.45) is 11.8 Å². The SMILES string of the molecule is CCCCCCCCCC(CCCCCCCCC(=O)OCC(CCCC)CCCCCC)OC(=O)CC1CCN(CCCO)CC1. The number of likely N-dealkylation sites (tertiary alicyclic amines) is 1. The fourth-order valence-electron chi connectivity index (χ4n) is 7.06. The third kappa shape index (κ3) is 26.4. The van der Waals surface area contributed by atoms with Gasteiger partial charge in [-0.2, -0.15) is 0 Å². The zero-order chi connectivity index (χ0) is 34.2. The van der Waals surface area contributed by atoms with Crippen molar-refractivity contribution in [3.8, 4) is 0 Å². The van der Waals surface area contributed by atoms with E-state index in [9.17, 15) is 9.59 Å². The van der Waals surface area contributed by atoms with Crippen molar-refractivity contribution < 1.29 is 24.2 Å². The minimum absolute atomic E-state index is 0.00631. The monoisotopic (exact) mass is 666 g/mol. The van der Waals surface area contributed by atoms with Gasteiger partial charge in [-0.05, 0) is 89.1 Å². The van der Waals surface area contributed by atoms with E-state index in [-0.39, 0.29) is 24.6 Å². The lowest BCUT2D eigenvalue weighted by Gasteiger charge is -2.31. The van der Waals surface area contributed by atoms with E-state index in [1.54, 1.807) is 0 Å². The summed E-state index contributed by atoms with van der Waals surface area (Å²) in [6.45, 7) is 10.6. The van der Waals surface area contributed by atoms with Crippen LogP contribution in [-0.2, 0) is 19.1 Å². The molecule has 1 rings (SSSR count). The lowest BCUT2D eigenvalue weighted by atomic mass is 9.93. The second-order valence-electron chi connectivity index (χ2n) is 14.8. The second kappa shape index (κ2) is 32.1. The first kappa shape index (κ1) is 43.9. The van der Waals surface area contributed by atoms with Gasteiger partial charge in [0, 0.05) is 26.0 Å². The fraction of sp³-hybridized carbons (Fsp3) is 0.951. The number of carbonyl (C=O) groups excluding carboxylic acids is 2. The van der Waals surface area contributed by atoms with Gasteiger partial charge in [0.1, 0.15) is 6.10 Å². The Hall–Kier alpha value is -1.14. The normalized spacial score (nSPS) is 15.5. The number of rotatable bonds is 33. The molecular formula is C41H79NO5. The highest BCUT2D eigenvalue weighted by atomic mass is 16.5. The molecule has 2 atom stereocenters. The molecule has 0 aliphatic carbocycles. The van der Waals surface area contributed by atoms with Crippen LogP contribution in [0.15, 0.2) is 0 Å². The summed E-state index contributed by atoms with van der Waals surface area (Å²) in [4.78, 5) is 27.7. The average Bonchev–Trinajstić information content (AvgIpc) is 3.07. The Bertz CT molecular complexity index is 708. The van der Waals surface area contributed by atoms with E-state index in [2.05, 4.69) is 25.7 Å². The zero-order valence-corrected chi connectivity index (χ0v) is 31.6. The molecule has 1 aliphatic heterocycles. The Morgan fingerprint density at radius 3 is 1.74 bits per heavy atom. The first-order chi connectivity index (χ1) is 23.0. The van der Waals surface area contributed by atoms with Gasteiger partial charge >= 0.3 is 11.9 Å². The van der Waals surface area contributed by atoms with Gasteiger partial charge in [-0.25, -0.2) is 0 Å². The van der Waals surface area contributed by atoms with Gasteiger partial charge < -0.3 is 19.5 Å². The maximum Gasteiger partial charge on any atom is 0.306 e. The van der Waals surface area contributed by atoms with Gasteiger partial charge in [0.05, 0.1) is 6.61 Å². The first-order valence-electron chi connectivity index (χ1n) is 20.7. The van der Waals surface area contributed by atoms with Crippen LogP contribution in [0, 0.1) is 11.8 Å². The molecule has 0 radical (unpaired) electrons. The van der Waals surface area contributed by atoms with Crippen LogP contribution in [-0.4, -0.2) is 60.9 Å². The maximum atomic E-state index is 12.9. The summed E-state index contributed by atoms with van der Waals surface area (Å²) in [5, 5.41) is 9.10. The standard InChI is InChI=1S/C41H79NO5/c1-4-7-10-12-13-16-20-26-39(47-41(45)35-37-29-32-42(33-30-37)31-23-34-43)27-21-17-14-15-18-22-28-40(44)46-36-38(24-9-6-3)25-19-11-8-5-2/h37-39,43H,4-36H2,1-3H3. The number of hydrogen-bond donors (Lipinski definition) is 1. The molecule has 0 bridgehead atoms. The molecule has 0 aromatic heterocycles. The summed E-state index contributed by atoms with van der Waals surface area (Å²) in [7, 11) is 0. The Morgan fingerprint density at radius 2 is 1.15 bits per heavy atom. The molecule has 0 aromatic carbocycles. The number of nitrogens with zero attached hydrogens (tertiary/aromatic N) is 1. The van der Waals surface area contributed by atoms with Crippen molar-refractivity contribution >= 4 is 11.9 Å². The number of unbranched alkanes of at least 4 members (excludes halogenated alkanes) is 15. The lowest BCUT2D eigenvalue weighted by molar-refractivity contribution is -0.151. The molecule has 6 heteroatoms. The lowest BCUT2D eigenvalue weighted by Crippen LogP contribution is -2.35. The van der Waals surface area contributed by atoms with Crippen molar-refractivity contribution in [1.29, 1.82) is 0 Å². The number of aliphatic hydroxyl groups excluding tert-OH is 1. The molecule has 0 aromatic rings. The van der Waals surface area contributed by atoms with Crippen LogP contribution >= 0.6 is 0 Å². The van der Waals surface area contributed by atoms with Gasteiger partial charge in [-0.1, -0.05) is 124 Å². The highest BCUT2D eigenvalue weighted by molar-refractivity contribution is 5.70. The van der Waals surface area contributed by atoms with Gasteiger partial charge in [0.25, 0.3) is 0 Å². The van der Waals surface area contributed by atoms with Crippen LogP contribution < -0.4 is 0 Å². The van der Waals surface area contributed by atoms with Crippen molar-refractivity contribution in [1.82, 2.24) is 4.90 Å². The molecule has 1 saturated heterocycles. The Kier molecular flexibility index (Phi) is 30.0. The number of aliphatic hydroxyl groups is 1. The molecular weight excluding hydrogens is 586 g/mol. The van der Waals surface area contributed by atoms with Crippen molar-refractivity contribution in [2.75, 3.05) is 32.8 Å². The molecule has 278 valence electrons. The summed E-state index contributed by atoms with van der Waals surface area (Å²) >= 11 is 0. The minimum atomic E-state index is -0.0117. The molecule has 1 fully saturated rings. The van der Waals surface area contributed by atoms with Crippen LogP contribution in [0.2, 0.25) is 0 Å². The molecule has 0 spiro atoms. The van der Waals surface area contributed by atoms with E-state index >= 15 is 0 Å². The average molecular weight is 666 g/mol. The topological polar surface area (TPSA) is 76.1 Å². The third-order valence-electron chi connectivity index (χ3n) is 10.3. The molecule has 0 saturated carbocycles. The maximum absolute atomic E-state index is 12.9. The van der Waals surface area contributed by atoms with E-state index in [1.165, 1.54) is 103 Å². The number of piperidine rings is 1. The summed E-state index contributed by atoms with van der Waals surface area (Å²) in [5.74, 6) is 0.960. The number of esters is 2. The number of ether oxygens (including phenoxy) is 2. The highest BCUT2D eigenvalue weighted by Gasteiger charge is 2.23. The first-order valence-corrected chi connectivity index (χ1v) is 20.7. The van der Waals surface area contributed by atoms with Crippen LogP contribution in [0.3, 0.4) is 0 Å². The van der Waals surface area contributed by atoms with Crippen LogP contribution in [0.1, 0.15) is 201 Å². The summed E-state index contributed by atoms with van der Waals surface area (Å²) in [6.07, 6.45) is 31.6. The molecule has 1 aliphatic rings. The van der Waals surface area contributed by atoms with Crippen LogP contribution in [0.5, 0.6) is 0 Å². The minimum Gasteiger partial charge on any atom is -0.465 e. The van der Waals surface area contributed by atoms with Crippen molar-refractivity contribution in [2.45, 2.75) is 207 Å². The van der Waals surface area contributed by atoms with E-state index in [4.69, 9.17) is 14.6 Å². The Labute approximate surface area is 291 Å². The predicted molar refractivity (Wildman–Crippen MR) is 198 cm³/mol. The molecule has 0 amide bonds. The summed E-state index contributed by atoms with van der Waals surface area (Å²) in [6, 6.07) is 0. The van der Waals surface area contributed by atoms with E-state index in [0.717, 1.165) is 83.8 Å².